The number of aromatic nitrogens is 1. The van der Waals surface area contributed by atoms with E-state index in [1.54, 1.807) is 0 Å². The molecule has 1 aliphatic heterocycles. The van der Waals surface area contributed by atoms with Crippen molar-refractivity contribution < 1.29 is 52.0 Å². The summed E-state index contributed by atoms with van der Waals surface area (Å²) >= 11 is 1.32. The number of esters is 4. The van der Waals surface area contributed by atoms with Crippen LogP contribution in [0.3, 0.4) is 0 Å². The molecule has 4 rings (SSSR count). The lowest BCUT2D eigenvalue weighted by Crippen LogP contribution is -2.63. The number of hydrogen-bond acceptors (Lipinski definition) is 14. The van der Waals surface area contributed by atoms with Crippen molar-refractivity contribution in [2.75, 3.05) is 6.61 Å². The van der Waals surface area contributed by atoms with Crippen LogP contribution < -0.4 is 10.2 Å². The van der Waals surface area contributed by atoms with E-state index < -0.39 is 61.2 Å². The zero-order valence-corrected chi connectivity index (χ0v) is 23.6. The summed E-state index contributed by atoms with van der Waals surface area (Å²) in [5.74, 6) is -2.79. The largest absolute Gasteiger partial charge is 0.463 e. The van der Waals surface area contributed by atoms with Crippen molar-refractivity contribution in [3.05, 3.63) is 45.8 Å². The topological polar surface area (TPSA) is 167 Å². The number of carbonyl (C=O) groups excluding carboxylic acids is 4. The summed E-state index contributed by atoms with van der Waals surface area (Å²) < 4.78 is 38.9. The van der Waals surface area contributed by atoms with Crippen LogP contribution in [0, 0.1) is 6.92 Å². The van der Waals surface area contributed by atoms with Gasteiger partial charge >= 0.3 is 23.9 Å². The molecular formula is C27H27NO12S. The first-order valence-electron chi connectivity index (χ1n) is 12.4. The lowest BCUT2D eigenvalue weighted by molar-refractivity contribution is -0.288. The summed E-state index contributed by atoms with van der Waals surface area (Å²) in [5, 5.41) is 2.61. The molecule has 41 heavy (non-hydrogen) atoms. The maximum atomic E-state index is 13.1. The van der Waals surface area contributed by atoms with Crippen LogP contribution in [0.2, 0.25) is 0 Å². The predicted molar refractivity (Wildman–Crippen MR) is 141 cm³/mol. The summed E-state index contributed by atoms with van der Waals surface area (Å²) in [6.45, 7) is 5.96. The first kappa shape index (κ1) is 29.7. The molecule has 1 aromatic carbocycles. The van der Waals surface area contributed by atoms with Gasteiger partial charge in [-0.1, -0.05) is 0 Å². The molecule has 0 amide bonds. The van der Waals surface area contributed by atoms with E-state index in [-0.39, 0.29) is 22.1 Å². The van der Waals surface area contributed by atoms with Crippen LogP contribution in [-0.2, 0) is 42.9 Å². The smallest absolute Gasteiger partial charge is 0.303 e. The average Bonchev–Trinajstić information content (AvgIpc) is 3.31. The van der Waals surface area contributed by atoms with Gasteiger partial charge in [-0.3, -0.25) is 24.0 Å². The highest BCUT2D eigenvalue weighted by atomic mass is 32.1. The summed E-state index contributed by atoms with van der Waals surface area (Å²) in [7, 11) is 0. The fourth-order valence-corrected chi connectivity index (χ4v) is 5.02. The molecule has 1 aliphatic rings. The van der Waals surface area contributed by atoms with E-state index in [2.05, 4.69) is 4.98 Å². The van der Waals surface area contributed by atoms with Crippen molar-refractivity contribution in [1.82, 2.24) is 4.98 Å². The second-order valence-electron chi connectivity index (χ2n) is 9.12. The number of fused-ring (bicyclic) bond motifs is 1. The summed E-state index contributed by atoms with van der Waals surface area (Å²) in [6.07, 6.45) is -5.41. The van der Waals surface area contributed by atoms with Crippen molar-refractivity contribution >= 4 is 46.2 Å². The van der Waals surface area contributed by atoms with Crippen molar-refractivity contribution in [3.63, 3.8) is 0 Å². The van der Waals surface area contributed by atoms with Crippen LogP contribution in [0.1, 0.15) is 33.4 Å². The standard InChI is InChI=1S/C27H27NO12S/c1-12-11-41-26(28-12)19-9-35-20-8-17(6-7-18(20)22(19)33)39-27-25(38-16(5)32)24(37-15(4)31)23(36-14(3)30)21(40-27)10-34-13(2)29/h6-9,11,21,23-25,27H,10H2,1-5H3/t21-,23-,24+,25+,27-/m0/s1. The van der Waals surface area contributed by atoms with Crippen molar-refractivity contribution in [2.45, 2.75) is 65.3 Å². The molecule has 218 valence electrons. The van der Waals surface area contributed by atoms with Crippen LogP contribution in [0.25, 0.3) is 21.5 Å². The second kappa shape index (κ2) is 12.5. The molecule has 0 unspecified atom stereocenters. The molecule has 2 aromatic heterocycles. The highest BCUT2D eigenvalue weighted by Crippen LogP contribution is 2.32. The third-order valence-electron chi connectivity index (χ3n) is 5.80. The third-order valence-corrected chi connectivity index (χ3v) is 6.79. The number of benzene rings is 1. The van der Waals surface area contributed by atoms with Crippen LogP contribution in [0.15, 0.2) is 39.1 Å². The van der Waals surface area contributed by atoms with Gasteiger partial charge in [0.2, 0.25) is 17.8 Å². The lowest BCUT2D eigenvalue weighted by Gasteiger charge is -2.43. The minimum absolute atomic E-state index is 0.138. The average molecular weight is 590 g/mol. The zero-order chi connectivity index (χ0) is 29.8. The highest BCUT2D eigenvalue weighted by molar-refractivity contribution is 7.13. The molecule has 0 bridgehead atoms. The molecule has 0 saturated carbocycles. The minimum atomic E-state index is -1.43. The van der Waals surface area contributed by atoms with Crippen LogP contribution >= 0.6 is 11.3 Å². The second-order valence-corrected chi connectivity index (χ2v) is 9.97. The number of ether oxygens (including phenoxy) is 6. The van der Waals surface area contributed by atoms with E-state index in [9.17, 15) is 24.0 Å². The van der Waals surface area contributed by atoms with Gasteiger partial charge in [-0.05, 0) is 19.1 Å². The summed E-state index contributed by atoms with van der Waals surface area (Å²) in [5.41, 5.74) is 0.983. The molecule has 13 nitrogen and oxygen atoms in total. The molecule has 0 spiro atoms. The van der Waals surface area contributed by atoms with Gasteiger partial charge in [0.15, 0.2) is 12.2 Å². The Morgan fingerprint density at radius 1 is 0.927 bits per heavy atom. The van der Waals surface area contributed by atoms with Crippen LogP contribution in [0.5, 0.6) is 5.75 Å². The number of aryl methyl sites for hydroxylation is 1. The van der Waals surface area contributed by atoms with E-state index in [1.807, 2.05) is 12.3 Å². The molecular weight excluding hydrogens is 562 g/mol. The summed E-state index contributed by atoms with van der Waals surface area (Å²) in [6, 6.07) is 4.40. The van der Waals surface area contributed by atoms with Crippen LogP contribution in [-0.4, -0.2) is 66.2 Å². The highest BCUT2D eigenvalue weighted by Gasteiger charge is 2.53. The Morgan fingerprint density at radius 3 is 2.20 bits per heavy atom. The van der Waals surface area contributed by atoms with Crippen LogP contribution in [0.4, 0.5) is 0 Å². The Kier molecular flexibility index (Phi) is 9.03. The van der Waals surface area contributed by atoms with E-state index in [1.165, 1.54) is 42.7 Å². The molecule has 3 heterocycles. The molecule has 0 aliphatic carbocycles. The Balaban J connectivity index is 1.70. The van der Waals surface area contributed by atoms with E-state index in [0.29, 0.717) is 10.6 Å². The Labute approximate surface area is 237 Å². The SMILES string of the molecule is CC(=O)OC[C@@H]1O[C@H](Oc2ccc3c(=O)c(-c4nc(C)cs4)coc3c2)[C@H](OC(C)=O)[C@H](OC(C)=O)[C@H]1OC(C)=O. The summed E-state index contributed by atoms with van der Waals surface area (Å²) in [4.78, 5) is 64.9. The molecule has 1 saturated heterocycles. The predicted octanol–water partition coefficient (Wildman–Crippen LogP) is 2.69. The number of nitrogens with zero attached hydrogens (tertiary/aromatic N) is 1. The fraction of sp³-hybridized carbons (Fsp3) is 0.407. The fourth-order valence-electron chi connectivity index (χ4n) is 4.22. The van der Waals surface area contributed by atoms with E-state index in [0.717, 1.165) is 26.5 Å². The van der Waals surface area contributed by atoms with Gasteiger partial charge in [0, 0.05) is 44.8 Å². The van der Waals surface area contributed by atoms with Gasteiger partial charge in [0.05, 0.1) is 10.9 Å². The number of rotatable bonds is 8. The van der Waals surface area contributed by atoms with Gasteiger partial charge < -0.3 is 32.8 Å². The molecule has 0 N–H and O–H groups in total. The Bertz CT molecular complexity index is 1530. The van der Waals surface area contributed by atoms with Gasteiger partial charge in [0.1, 0.15) is 35.3 Å². The zero-order valence-electron chi connectivity index (χ0n) is 22.7. The van der Waals surface area contributed by atoms with E-state index in [4.69, 9.17) is 32.8 Å². The number of hydrogen-bond donors (Lipinski definition) is 0. The van der Waals surface area contributed by atoms with Crippen molar-refractivity contribution in [3.8, 4) is 16.3 Å². The lowest BCUT2D eigenvalue weighted by atomic mass is 9.98. The monoisotopic (exact) mass is 589 g/mol. The third kappa shape index (κ3) is 7.08. The molecule has 3 aromatic rings. The van der Waals surface area contributed by atoms with Crippen molar-refractivity contribution in [2.24, 2.45) is 0 Å². The minimum Gasteiger partial charge on any atom is -0.463 e. The molecule has 0 radical (unpaired) electrons. The van der Waals surface area contributed by atoms with Gasteiger partial charge in [0.25, 0.3) is 0 Å². The quantitative estimate of drug-likeness (QED) is 0.278. The maximum absolute atomic E-state index is 13.1. The Hall–Kier alpha value is -4.30. The first-order chi connectivity index (χ1) is 19.4. The normalized spacial score (nSPS) is 22.0. The Morgan fingerprint density at radius 2 is 1.59 bits per heavy atom. The molecule has 1 fully saturated rings. The molecule has 5 atom stereocenters. The number of thiazole rings is 1. The van der Waals surface area contributed by atoms with Gasteiger partial charge in [-0.25, -0.2) is 4.98 Å². The van der Waals surface area contributed by atoms with E-state index >= 15 is 0 Å². The van der Waals surface area contributed by atoms with Crippen molar-refractivity contribution in [1.29, 1.82) is 0 Å². The maximum Gasteiger partial charge on any atom is 0.303 e. The number of carbonyl (C=O) groups is 4. The van der Waals surface area contributed by atoms with Gasteiger partial charge in [-0.2, -0.15) is 0 Å². The molecule has 14 heteroatoms. The first-order valence-corrected chi connectivity index (χ1v) is 13.3. The van der Waals surface area contributed by atoms with Gasteiger partial charge in [-0.15, -0.1) is 11.3 Å².